The molecule has 20 heavy (non-hydrogen) atoms. The molecule has 2 heterocycles. The molecule has 0 spiro atoms. The van der Waals surface area contributed by atoms with Gasteiger partial charge >= 0.3 is 0 Å². The first-order valence-electron chi connectivity index (χ1n) is 7.22. The number of alkyl halides is 1. The zero-order chi connectivity index (χ0) is 13.8. The number of halogens is 1. The van der Waals surface area contributed by atoms with Crippen molar-refractivity contribution in [1.29, 1.82) is 0 Å². The summed E-state index contributed by atoms with van der Waals surface area (Å²) in [7, 11) is 0. The van der Waals surface area contributed by atoms with Crippen LogP contribution in [0, 0.1) is 0 Å². The van der Waals surface area contributed by atoms with Crippen LogP contribution in [0.2, 0.25) is 0 Å². The average Bonchev–Trinajstić information content (AvgIpc) is 2.52. The predicted octanol–water partition coefficient (Wildman–Crippen LogP) is 2.52. The lowest BCUT2D eigenvalue weighted by Gasteiger charge is -2.36. The summed E-state index contributed by atoms with van der Waals surface area (Å²) < 4.78 is 0. The number of allylic oxidation sites excluding steroid dienone is 2. The van der Waals surface area contributed by atoms with Gasteiger partial charge in [0.25, 0.3) is 0 Å². The van der Waals surface area contributed by atoms with Crippen LogP contribution in [-0.2, 0) is 0 Å². The van der Waals surface area contributed by atoms with Gasteiger partial charge in [0, 0.05) is 32.4 Å². The average molecular weight is 290 g/mol. The maximum Gasteiger partial charge on any atom is 0.0774 e. The van der Waals surface area contributed by atoms with E-state index in [1.54, 1.807) is 0 Å². The Morgan fingerprint density at radius 2 is 2.15 bits per heavy atom. The molecule has 3 nitrogen and oxygen atoms in total. The molecule has 1 aliphatic carbocycles. The van der Waals surface area contributed by atoms with Gasteiger partial charge in [-0.05, 0) is 24.1 Å². The highest BCUT2D eigenvalue weighted by atomic mass is 35.5. The van der Waals surface area contributed by atoms with E-state index >= 15 is 0 Å². The van der Waals surface area contributed by atoms with Gasteiger partial charge in [-0.25, -0.2) is 0 Å². The molecule has 4 heteroatoms. The lowest BCUT2D eigenvalue weighted by atomic mass is 9.95. The molecule has 0 aromatic carbocycles. The van der Waals surface area contributed by atoms with Crippen LogP contribution in [0.1, 0.15) is 18.2 Å². The molecule has 2 atom stereocenters. The van der Waals surface area contributed by atoms with Gasteiger partial charge in [-0.2, -0.15) is 0 Å². The Morgan fingerprint density at radius 1 is 1.30 bits per heavy atom. The lowest BCUT2D eigenvalue weighted by molar-refractivity contribution is 0.194. The molecule has 1 N–H and O–H groups in total. The van der Waals surface area contributed by atoms with Gasteiger partial charge in [0.15, 0.2) is 0 Å². The lowest BCUT2D eigenvalue weighted by Crippen LogP contribution is -2.45. The van der Waals surface area contributed by atoms with E-state index in [0.717, 1.165) is 38.3 Å². The third kappa shape index (κ3) is 3.11. The summed E-state index contributed by atoms with van der Waals surface area (Å²) in [5, 5.41) is 3.54. The fourth-order valence-corrected chi connectivity index (χ4v) is 3.02. The van der Waals surface area contributed by atoms with Crippen LogP contribution in [0.5, 0.6) is 0 Å². The SMILES string of the molecule is ClC1C=CC(C(c2ccccn2)N2CCNCC2)=CC1. The van der Waals surface area contributed by atoms with E-state index < -0.39 is 0 Å². The maximum atomic E-state index is 6.15. The van der Waals surface area contributed by atoms with Crippen LogP contribution >= 0.6 is 11.6 Å². The number of rotatable bonds is 3. The minimum absolute atomic E-state index is 0.131. The van der Waals surface area contributed by atoms with Crippen molar-refractivity contribution in [2.75, 3.05) is 26.2 Å². The molecule has 106 valence electrons. The second-order valence-electron chi connectivity index (χ2n) is 5.26. The summed E-state index contributed by atoms with van der Waals surface area (Å²) in [4.78, 5) is 7.08. The van der Waals surface area contributed by atoms with Crippen LogP contribution in [0.25, 0.3) is 0 Å². The second kappa shape index (κ2) is 6.53. The number of piperazine rings is 1. The van der Waals surface area contributed by atoms with Gasteiger partial charge in [0.2, 0.25) is 0 Å². The zero-order valence-electron chi connectivity index (χ0n) is 11.5. The fourth-order valence-electron chi connectivity index (χ4n) is 2.86. The van der Waals surface area contributed by atoms with Crippen molar-refractivity contribution in [1.82, 2.24) is 15.2 Å². The highest BCUT2D eigenvalue weighted by Crippen LogP contribution is 2.31. The number of hydrogen-bond acceptors (Lipinski definition) is 3. The van der Waals surface area contributed by atoms with Gasteiger partial charge in [0.05, 0.1) is 17.1 Å². The summed E-state index contributed by atoms with van der Waals surface area (Å²) in [5.74, 6) is 0. The number of hydrogen-bond donors (Lipinski definition) is 1. The van der Waals surface area contributed by atoms with E-state index in [0.29, 0.717) is 0 Å². The molecule has 1 aromatic heterocycles. The standard InChI is InChI=1S/C16H20ClN3/c17-14-6-4-13(5-7-14)16(15-3-1-2-8-19-15)20-11-9-18-10-12-20/h1-6,8,14,16,18H,7,9-12H2. The molecule has 3 rings (SSSR count). The second-order valence-corrected chi connectivity index (χ2v) is 5.82. The molecular formula is C16H20ClN3. The van der Waals surface area contributed by atoms with Gasteiger partial charge in [-0.15, -0.1) is 11.6 Å². The van der Waals surface area contributed by atoms with E-state index in [9.17, 15) is 0 Å². The smallest absolute Gasteiger partial charge is 0.0774 e. The first-order valence-corrected chi connectivity index (χ1v) is 7.66. The van der Waals surface area contributed by atoms with Gasteiger partial charge in [-0.1, -0.05) is 24.3 Å². The Kier molecular flexibility index (Phi) is 4.51. The summed E-state index contributed by atoms with van der Waals surface area (Å²) in [5.41, 5.74) is 2.45. The molecule has 0 amide bonds. The number of nitrogens with zero attached hydrogens (tertiary/aromatic N) is 2. The molecule has 1 aliphatic heterocycles. The van der Waals surface area contributed by atoms with Crippen LogP contribution in [-0.4, -0.2) is 41.4 Å². The quantitative estimate of drug-likeness (QED) is 0.867. The van der Waals surface area contributed by atoms with Crippen molar-refractivity contribution in [2.24, 2.45) is 0 Å². The van der Waals surface area contributed by atoms with Gasteiger partial charge < -0.3 is 5.32 Å². The Morgan fingerprint density at radius 3 is 2.80 bits per heavy atom. The minimum Gasteiger partial charge on any atom is -0.314 e. The Bertz CT molecular complexity index is 492. The molecule has 2 unspecified atom stereocenters. The predicted molar refractivity (Wildman–Crippen MR) is 82.9 cm³/mol. The number of pyridine rings is 1. The molecule has 1 aromatic rings. The minimum atomic E-state index is 0.131. The van der Waals surface area contributed by atoms with Crippen LogP contribution in [0.4, 0.5) is 0 Å². The number of nitrogens with one attached hydrogen (secondary N) is 1. The van der Waals surface area contributed by atoms with Crippen molar-refractivity contribution in [3.05, 3.63) is 53.9 Å². The highest BCUT2D eigenvalue weighted by Gasteiger charge is 2.26. The van der Waals surface area contributed by atoms with Crippen molar-refractivity contribution >= 4 is 11.6 Å². The van der Waals surface area contributed by atoms with E-state index in [4.69, 9.17) is 11.6 Å². The summed E-state index contributed by atoms with van der Waals surface area (Å²) in [6.07, 6.45) is 9.31. The van der Waals surface area contributed by atoms with Gasteiger partial charge in [-0.3, -0.25) is 9.88 Å². The highest BCUT2D eigenvalue weighted by molar-refractivity contribution is 6.22. The topological polar surface area (TPSA) is 28.2 Å². The zero-order valence-corrected chi connectivity index (χ0v) is 12.3. The summed E-state index contributed by atoms with van der Waals surface area (Å²) in [6.45, 7) is 4.18. The fraction of sp³-hybridized carbons (Fsp3) is 0.438. The summed E-state index contributed by atoms with van der Waals surface area (Å²) in [6, 6.07) is 6.40. The molecular weight excluding hydrogens is 270 g/mol. The van der Waals surface area contributed by atoms with Gasteiger partial charge in [0.1, 0.15) is 0 Å². The van der Waals surface area contributed by atoms with Crippen LogP contribution < -0.4 is 5.32 Å². The molecule has 2 aliphatic rings. The largest absolute Gasteiger partial charge is 0.314 e. The Hall–Kier alpha value is -1.16. The summed E-state index contributed by atoms with van der Waals surface area (Å²) >= 11 is 6.15. The molecule has 0 radical (unpaired) electrons. The van der Waals surface area contributed by atoms with Crippen molar-refractivity contribution < 1.29 is 0 Å². The number of aromatic nitrogens is 1. The van der Waals surface area contributed by atoms with Crippen LogP contribution in [0.3, 0.4) is 0 Å². The first-order chi connectivity index (χ1) is 9.84. The third-order valence-corrected chi connectivity index (χ3v) is 4.20. The molecule has 0 saturated carbocycles. The van der Waals surface area contributed by atoms with E-state index in [2.05, 4.69) is 45.6 Å². The van der Waals surface area contributed by atoms with Crippen LogP contribution in [0.15, 0.2) is 48.2 Å². The van der Waals surface area contributed by atoms with E-state index in [1.807, 2.05) is 12.3 Å². The maximum absolute atomic E-state index is 6.15. The monoisotopic (exact) mass is 289 g/mol. The van der Waals surface area contributed by atoms with Crippen molar-refractivity contribution in [3.8, 4) is 0 Å². The van der Waals surface area contributed by atoms with Crippen molar-refractivity contribution in [2.45, 2.75) is 17.8 Å². The molecule has 1 saturated heterocycles. The van der Waals surface area contributed by atoms with E-state index in [1.165, 1.54) is 5.57 Å². The molecule has 0 bridgehead atoms. The third-order valence-electron chi connectivity index (χ3n) is 3.88. The molecule has 1 fully saturated rings. The normalized spacial score (nSPS) is 25.2. The van der Waals surface area contributed by atoms with E-state index in [-0.39, 0.29) is 11.4 Å². The first kappa shape index (κ1) is 13.8. The van der Waals surface area contributed by atoms with Crippen molar-refractivity contribution in [3.63, 3.8) is 0 Å². The Balaban J connectivity index is 1.89. The Labute approximate surface area is 125 Å².